The highest BCUT2D eigenvalue weighted by atomic mass is 19.2. The summed E-state index contributed by atoms with van der Waals surface area (Å²) in [7, 11) is 0. The number of hydrogen-bond acceptors (Lipinski definition) is 1. The normalized spacial score (nSPS) is 12.1. The molecule has 0 aliphatic carbocycles. The Hall–Kier alpha value is -1.64. The zero-order valence-corrected chi connectivity index (χ0v) is 10.9. The lowest BCUT2D eigenvalue weighted by atomic mass is 9.82. The van der Waals surface area contributed by atoms with Crippen LogP contribution in [0.5, 0.6) is 5.75 Å². The maximum absolute atomic E-state index is 13.7. The minimum atomic E-state index is -0.884. The quantitative estimate of drug-likeness (QED) is 0.733. The summed E-state index contributed by atoms with van der Waals surface area (Å²) in [5, 5.41) is 10.9. The summed E-state index contributed by atoms with van der Waals surface area (Å²) in [5.41, 5.74) is 0.843. The van der Waals surface area contributed by atoms with E-state index in [1.54, 1.807) is 13.0 Å². The second kappa shape index (κ2) is 3.94. The van der Waals surface area contributed by atoms with E-state index < -0.39 is 11.6 Å². The first kappa shape index (κ1) is 12.8. The highest BCUT2D eigenvalue weighted by Crippen LogP contribution is 2.36. The van der Waals surface area contributed by atoms with Gasteiger partial charge in [0.1, 0.15) is 5.75 Å². The molecule has 0 bridgehead atoms. The Balaban J connectivity index is 2.99. The summed E-state index contributed by atoms with van der Waals surface area (Å²) in [6.45, 7) is 7.48. The van der Waals surface area contributed by atoms with E-state index in [1.807, 2.05) is 20.8 Å². The predicted molar refractivity (Wildman–Crippen MR) is 69.0 cm³/mol. The molecule has 0 spiro atoms. The first-order valence-corrected chi connectivity index (χ1v) is 5.83. The van der Waals surface area contributed by atoms with Gasteiger partial charge in [-0.2, -0.15) is 0 Å². The molecule has 18 heavy (non-hydrogen) atoms. The van der Waals surface area contributed by atoms with Crippen LogP contribution in [-0.2, 0) is 5.41 Å². The van der Waals surface area contributed by atoms with E-state index in [-0.39, 0.29) is 16.7 Å². The fourth-order valence-corrected chi connectivity index (χ4v) is 2.26. The van der Waals surface area contributed by atoms with Crippen LogP contribution in [0.3, 0.4) is 0 Å². The van der Waals surface area contributed by atoms with Gasteiger partial charge < -0.3 is 5.11 Å². The van der Waals surface area contributed by atoms with E-state index in [0.717, 1.165) is 11.6 Å². The summed E-state index contributed by atoms with van der Waals surface area (Å²) in [6, 6.07) is 4.21. The van der Waals surface area contributed by atoms with Gasteiger partial charge in [0.25, 0.3) is 0 Å². The van der Waals surface area contributed by atoms with Crippen molar-refractivity contribution in [1.82, 2.24) is 0 Å². The summed E-state index contributed by atoms with van der Waals surface area (Å²) in [4.78, 5) is 0. The molecule has 2 aromatic rings. The summed E-state index contributed by atoms with van der Waals surface area (Å²) < 4.78 is 27.1. The van der Waals surface area contributed by atoms with Crippen molar-refractivity contribution in [1.29, 1.82) is 0 Å². The third kappa shape index (κ3) is 1.94. The van der Waals surface area contributed by atoms with Gasteiger partial charge in [-0.05, 0) is 52.4 Å². The van der Waals surface area contributed by atoms with Crippen molar-refractivity contribution in [2.75, 3.05) is 0 Å². The van der Waals surface area contributed by atoms with Gasteiger partial charge in [0.15, 0.2) is 11.6 Å². The number of halogens is 2. The predicted octanol–water partition coefficient (Wildman–Crippen LogP) is 4.43. The van der Waals surface area contributed by atoms with Gasteiger partial charge in [0.2, 0.25) is 0 Å². The Bertz CT molecular complexity index is 625. The van der Waals surface area contributed by atoms with Gasteiger partial charge in [-0.25, -0.2) is 8.78 Å². The average Bonchev–Trinajstić information content (AvgIpc) is 2.23. The molecule has 0 fully saturated rings. The van der Waals surface area contributed by atoms with Crippen molar-refractivity contribution in [2.24, 2.45) is 0 Å². The number of phenolic OH excluding ortho intramolecular Hbond substituents is 1. The Labute approximate surface area is 105 Å². The van der Waals surface area contributed by atoms with Crippen molar-refractivity contribution in [3.05, 3.63) is 41.0 Å². The number of aryl methyl sites for hydroxylation is 1. The fourth-order valence-electron chi connectivity index (χ4n) is 2.26. The molecule has 3 heteroatoms. The Morgan fingerprint density at radius 1 is 1.06 bits per heavy atom. The Morgan fingerprint density at radius 3 is 2.22 bits per heavy atom. The average molecular weight is 250 g/mol. The van der Waals surface area contributed by atoms with Gasteiger partial charge in [-0.3, -0.25) is 0 Å². The molecule has 0 atom stereocenters. The second-order valence-corrected chi connectivity index (χ2v) is 5.64. The third-order valence-corrected chi connectivity index (χ3v) is 3.16. The van der Waals surface area contributed by atoms with Gasteiger partial charge in [0.05, 0.1) is 0 Å². The van der Waals surface area contributed by atoms with Crippen LogP contribution in [0.15, 0.2) is 18.2 Å². The molecule has 0 aromatic heterocycles. The molecule has 2 aromatic carbocycles. The molecule has 2 rings (SSSR count). The standard InChI is InChI=1S/C15H16F2O/c1-8-13-9(6-12(16)14(8)17)5-10(18)7-11(13)15(2,3)4/h5-7,18H,1-4H3. The van der Waals surface area contributed by atoms with E-state index in [0.29, 0.717) is 10.8 Å². The molecule has 0 radical (unpaired) electrons. The first-order valence-electron chi connectivity index (χ1n) is 5.83. The Kier molecular flexibility index (Phi) is 2.80. The van der Waals surface area contributed by atoms with Crippen LogP contribution in [-0.4, -0.2) is 5.11 Å². The lowest BCUT2D eigenvalue weighted by molar-refractivity contribution is 0.472. The Morgan fingerprint density at radius 2 is 1.67 bits per heavy atom. The smallest absolute Gasteiger partial charge is 0.162 e. The minimum absolute atomic E-state index is 0.0674. The molecule has 0 heterocycles. The maximum atomic E-state index is 13.7. The van der Waals surface area contributed by atoms with E-state index in [1.165, 1.54) is 6.07 Å². The van der Waals surface area contributed by atoms with E-state index in [9.17, 15) is 13.9 Å². The van der Waals surface area contributed by atoms with E-state index in [2.05, 4.69) is 0 Å². The van der Waals surface area contributed by atoms with Crippen LogP contribution in [0.2, 0.25) is 0 Å². The van der Waals surface area contributed by atoms with Crippen LogP contribution in [0.1, 0.15) is 31.9 Å². The lowest BCUT2D eigenvalue weighted by Crippen LogP contribution is -2.12. The van der Waals surface area contributed by atoms with Gasteiger partial charge in [0, 0.05) is 0 Å². The van der Waals surface area contributed by atoms with Crippen molar-refractivity contribution in [3.63, 3.8) is 0 Å². The highest BCUT2D eigenvalue weighted by Gasteiger charge is 2.21. The largest absolute Gasteiger partial charge is 0.508 e. The zero-order chi connectivity index (χ0) is 13.7. The molecular formula is C15H16F2O. The van der Waals surface area contributed by atoms with E-state index >= 15 is 0 Å². The van der Waals surface area contributed by atoms with Crippen molar-refractivity contribution in [2.45, 2.75) is 33.1 Å². The summed E-state index contributed by atoms with van der Waals surface area (Å²) in [5.74, 6) is -1.64. The van der Waals surface area contributed by atoms with Crippen molar-refractivity contribution >= 4 is 10.8 Å². The number of benzene rings is 2. The zero-order valence-electron chi connectivity index (χ0n) is 10.9. The number of hydrogen-bond donors (Lipinski definition) is 1. The molecule has 96 valence electrons. The van der Waals surface area contributed by atoms with E-state index in [4.69, 9.17) is 0 Å². The maximum Gasteiger partial charge on any atom is 0.162 e. The number of phenols is 1. The molecule has 0 saturated carbocycles. The van der Waals surface area contributed by atoms with Crippen LogP contribution < -0.4 is 0 Å². The van der Waals surface area contributed by atoms with Crippen LogP contribution in [0.4, 0.5) is 8.78 Å². The molecule has 1 nitrogen and oxygen atoms in total. The number of aromatic hydroxyl groups is 1. The molecule has 0 aliphatic heterocycles. The minimum Gasteiger partial charge on any atom is -0.508 e. The van der Waals surface area contributed by atoms with Crippen molar-refractivity contribution < 1.29 is 13.9 Å². The summed E-state index contributed by atoms with van der Waals surface area (Å²) in [6.07, 6.45) is 0. The molecule has 1 N–H and O–H groups in total. The topological polar surface area (TPSA) is 20.2 Å². The lowest BCUT2D eigenvalue weighted by Gasteiger charge is -2.23. The molecule has 0 amide bonds. The van der Waals surface area contributed by atoms with Crippen molar-refractivity contribution in [3.8, 4) is 5.75 Å². The number of fused-ring (bicyclic) bond motifs is 1. The highest BCUT2D eigenvalue weighted by molar-refractivity contribution is 5.91. The third-order valence-electron chi connectivity index (χ3n) is 3.16. The number of rotatable bonds is 0. The first-order chi connectivity index (χ1) is 8.21. The van der Waals surface area contributed by atoms with Gasteiger partial charge in [-0.1, -0.05) is 20.8 Å². The molecule has 0 unspecified atom stereocenters. The second-order valence-electron chi connectivity index (χ2n) is 5.64. The van der Waals surface area contributed by atoms with Crippen LogP contribution in [0, 0.1) is 18.6 Å². The van der Waals surface area contributed by atoms with Gasteiger partial charge in [-0.15, -0.1) is 0 Å². The van der Waals surface area contributed by atoms with Crippen LogP contribution in [0.25, 0.3) is 10.8 Å². The fraction of sp³-hybridized carbons (Fsp3) is 0.333. The molecule has 0 aliphatic rings. The summed E-state index contributed by atoms with van der Waals surface area (Å²) >= 11 is 0. The monoisotopic (exact) mass is 250 g/mol. The van der Waals surface area contributed by atoms with Crippen LogP contribution >= 0.6 is 0 Å². The molecular weight excluding hydrogens is 234 g/mol. The van der Waals surface area contributed by atoms with Gasteiger partial charge >= 0.3 is 0 Å². The molecule has 0 saturated heterocycles. The SMILES string of the molecule is Cc1c(F)c(F)cc2cc(O)cc(C(C)(C)C)c12.